The summed E-state index contributed by atoms with van der Waals surface area (Å²) in [5.74, 6) is -1.01. The van der Waals surface area contributed by atoms with Crippen molar-refractivity contribution in [3.63, 3.8) is 0 Å². The van der Waals surface area contributed by atoms with Gasteiger partial charge in [0.05, 0.1) is 4.90 Å². The van der Waals surface area contributed by atoms with Gasteiger partial charge in [0.1, 0.15) is 6.04 Å². The molecule has 3 N–H and O–H groups in total. The Morgan fingerprint density at radius 1 is 1.31 bits per heavy atom. The Kier molecular flexibility index (Phi) is 3.51. The van der Waals surface area contributed by atoms with E-state index in [2.05, 4.69) is 5.32 Å². The summed E-state index contributed by atoms with van der Waals surface area (Å²) in [7, 11) is -4.21. The maximum Gasteiger partial charge on any atom is 0.325 e. The van der Waals surface area contributed by atoms with Gasteiger partial charge in [-0.15, -0.1) is 0 Å². The zero-order valence-electron chi connectivity index (χ0n) is 8.41. The van der Waals surface area contributed by atoms with E-state index in [4.69, 9.17) is 9.66 Å². The van der Waals surface area contributed by atoms with Crippen LogP contribution in [0.5, 0.6) is 0 Å². The summed E-state index contributed by atoms with van der Waals surface area (Å²) in [6, 6.07) is 4.35. The van der Waals surface area contributed by atoms with Crippen LogP contribution in [0.25, 0.3) is 0 Å². The summed E-state index contributed by atoms with van der Waals surface area (Å²) < 4.78 is 30.1. The average molecular weight is 245 g/mol. The average Bonchev–Trinajstić information content (AvgIpc) is 2.17. The molecular formula is C9H11NO5S. The Morgan fingerprint density at radius 3 is 2.19 bits per heavy atom. The lowest BCUT2D eigenvalue weighted by Gasteiger charge is -2.10. The van der Waals surface area contributed by atoms with Gasteiger partial charge in [0.25, 0.3) is 10.1 Å². The van der Waals surface area contributed by atoms with E-state index in [0.717, 1.165) is 0 Å². The quantitative estimate of drug-likeness (QED) is 0.678. The van der Waals surface area contributed by atoms with Crippen LogP contribution in [0.15, 0.2) is 29.2 Å². The number of hydrogen-bond acceptors (Lipinski definition) is 4. The molecule has 0 aliphatic rings. The van der Waals surface area contributed by atoms with Crippen molar-refractivity contribution in [2.75, 3.05) is 5.32 Å². The molecule has 0 radical (unpaired) electrons. The fourth-order valence-corrected chi connectivity index (χ4v) is 1.51. The Balaban J connectivity index is 2.84. The van der Waals surface area contributed by atoms with Gasteiger partial charge in [-0.3, -0.25) is 9.35 Å². The minimum Gasteiger partial charge on any atom is -0.480 e. The molecule has 0 fully saturated rings. The number of carboxylic acids is 1. The lowest BCUT2D eigenvalue weighted by atomic mass is 10.2. The largest absolute Gasteiger partial charge is 0.480 e. The van der Waals surface area contributed by atoms with Crippen LogP contribution < -0.4 is 5.32 Å². The van der Waals surface area contributed by atoms with Crippen LogP contribution in [0, 0.1) is 0 Å². The van der Waals surface area contributed by atoms with Crippen molar-refractivity contribution in [3.8, 4) is 0 Å². The van der Waals surface area contributed by atoms with E-state index in [-0.39, 0.29) is 4.90 Å². The monoisotopic (exact) mass is 245 g/mol. The molecule has 16 heavy (non-hydrogen) atoms. The highest BCUT2D eigenvalue weighted by Crippen LogP contribution is 2.14. The predicted molar refractivity (Wildman–Crippen MR) is 57.0 cm³/mol. The molecule has 1 aromatic rings. The first kappa shape index (κ1) is 12.5. The van der Waals surface area contributed by atoms with E-state index in [1.54, 1.807) is 0 Å². The molecule has 0 unspecified atom stereocenters. The van der Waals surface area contributed by atoms with Gasteiger partial charge < -0.3 is 10.4 Å². The number of hydrogen-bond donors (Lipinski definition) is 3. The molecule has 1 atom stereocenters. The maximum absolute atomic E-state index is 10.7. The van der Waals surface area contributed by atoms with Gasteiger partial charge in [-0.1, -0.05) is 0 Å². The van der Waals surface area contributed by atoms with Crippen molar-refractivity contribution in [3.05, 3.63) is 24.3 Å². The second-order valence-electron chi connectivity index (χ2n) is 3.20. The molecule has 7 heteroatoms. The summed E-state index contributed by atoms with van der Waals surface area (Å²) in [6.45, 7) is 1.46. The van der Waals surface area contributed by atoms with E-state index in [1.807, 2.05) is 0 Å². The molecule has 0 spiro atoms. The minimum absolute atomic E-state index is 0.235. The van der Waals surface area contributed by atoms with Crippen LogP contribution in [0.4, 0.5) is 5.69 Å². The molecule has 0 amide bonds. The van der Waals surface area contributed by atoms with Crippen LogP contribution in [-0.4, -0.2) is 30.1 Å². The third kappa shape index (κ3) is 3.21. The molecule has 0 heterocycles. The van der Waals surface area contributed by atoms with Gasteiger partial charge in [-0.25, -0.2) is 0 Å². The van der Waals surface area contributed by atoms with Crippen LogP contribution in [-0.2, 0) is 14.9 Å². The van der Waals surface area contributed by atoms with Crippen molar-refractivity contribution in [2.45, 2.75) is 17.9 Å². The second kappa shape index (κ2) is 4.50. The van der Waals surface area contributed by atoms with Crippen LogP contribution in [0.3, 0.4) is 0 Å². The lowest BCUT2D eigenvalue weighted by molar-refractivity contribution is -0.137. The highest BCUT2D eigenvalue weighted by atomic mass is 32.2. The first-order valence-corrected chi connectivity index (χ1v) is 5.81. The molecule has 1 rings (SSSR count). The van der Waals surface area contributed by atoms with Crippen LogP contribution in [0.2, 0.25) is 0 Å². The topological polar surface area (TPSA) is 104 Å². The Bertz CT molecular complexity index is 479. The summed E-state index contributed by atoms with van der Waals surface area (Å²) >= 11 is 0. The van der Waals surface area contributed by atoms with Crippen LogP contribution in [0.1, 0.15) is 6.92 Å². The van der Waals surface area contributed by atoms with Gasteiger partial charge in [0.15, 0.2) is 0 Å². The van der Waals surface area contributed by atoms with Crippen molar-refractivity contribution in [1.82, 2.24) is 0 Å². The van der Waals surface area contributed by atoms with Gasteiger partial charge in [-0.05, 0) is 31.2 Å². The number of carboxylic acid groups (broad SMARTS) is 1. The fourth-order valence-electron chi connectivity index (χ4n) is 1.03. The van der Waals surface area contributed by atoms with Crippen molar-refractivity contribution in [2.24, 2.45) is 0 Å². The molecule has 1 aromatic carbocycles. The van der Waals surface area contributed by atoms with Crippen molar-refractivity contribution >= 4 is 21.8 Å². The second-order valence-corrected chi connectivity index (χ2v) is 4.63. The van der Waals surface area contributed by atoms with E-state index in [9.17, 15) is 13.2 Å². The van der Waals surface area contributed by atoms with E-state index in [0.29, 0.717) is 5.69 Å². The summed E-state index contributed by atoms with van der Waals surface area (Å²) in [5, 5.41) is 11.3. The van der Waals surface area contributed by atoms with Crippen LogP contribution >= 0.6 is 0 Å². The molecule has 0 saturated carbocycles. The minimum atomic E-state index is -4.21. The fraction of sp³-hybridized carbons (Fsp3) is 0.222. The van der Waals surface area contributed by atoms with Gasteiger partial charge in [0, 0.05) is 5.69 Å². The van der Waals surface area contributed by atoms with E-state index in [1.165, 1.54) is 31.2 Å². The molecule has 6 nitrogen and oxygen atoms in total. The summed E-state index contributed by atoms with van der Waals surface area (Å²) in [6.07, 6.45) is 0. The van der Waals surface area contributed by atoms with Crippen molar-refractivity contribution < 1.29 is 22.9 Å². The number of benzene rings is 1. The SMILES string of the molecule is C[C@H](Nc1ccc(S(=O)(=O)O)cc1)C(=O)O. The summed E-state index contributed by atoms with van der Waals surface area (Å²) in [4.78, 5) is 10.3. The molecule has 0 aliphatic carbocycles. The molecule has 0 aromatic heterocycles. The van der Waals surface area contributed by atoms with Gasteiger partial charge in [-0.2, -0.15) is 8.42 Å². The standard InChI is InChI=1S/C9H11NO5S/c1-6(9(11)12)10-7-2-4-8(5-3-7)16(13,14)15/h2-6,10H,1H3,(H,11,12)(H,13,14,15)/t6-/m0/s1. The van der Waals surface area contributed by atoms with E-state index >= 15 is 0 Å². The highest BCUT2D eigenvalue weighted by molar-refractivity contribution is 7.85. The van der Waals surface area contributed by atoms with E-state index < -0.39 is 22.1 Å². The zero-order valence-corrected chi connectivity index (χ0v) is 9.23. The van der Waals surface area contributed by atoms with Gasteiger partial charge in [0.2, 0.25) is 0 Å². The first-order chi connectivity index (χ1) is 7.30. The molecular weight excluding hydrogens is 234 g/mol. The first-order valence-electron chi connectivity index (χ1n) is 4.37. The predicted octanol–water partition coefficient (Wildman–Crippen LogP) is 0.818. The molecule has 88 valence electrons. The number of anilines is 1. The normalized spacial score (nSPS) is 13.1. The molecule has 0 bridgehead atoms. The third-order valence-corrected chi connectivity index (χ3v) is 2.77. The third-order valence-electron chi connectivity index (χ3n) is 1.91. The number of aliphatic carboxylic acids is 1. The maximum atomic E-state index is 10.7. The zero-order chi connectivity index (χ0) is 12.3. The summed E-state index contributed by atoms with van der Waals surface area (Å²) in [5.41, 5.74) is 0.460. The Hall–Kier alpha value is -1.60. The smallest absolute Gasteiger partial charge is 0.325 e. The van der Waals surface area contributed by atoms with Crippen molar-refractivity contribution in [1.29, 1.82) is 0 Å². The number of carbonyl (C=O) groups is 1. The number of rotatable bonds is 4. The lowest BCUT2D eigenvalue weighted by Crippen LogP contribution is -2.25. The highest BCUT2D eigenvalue weighted by Gasteiger charge is 2.12. The molecule has 0 saturated heterocycles. The van der Waals surface area contributed by atoms with Gasteiger partial charge >= 0.3 is 5.97 Å². The Morgan fingerprint density at radius 2 is 1.81 bits per heavy atom. The Labute approximate surface area is 92.7 Å². The number of nitrogens with one attached hydrogen (secondary N) is 1. The molecule has 0 aliphatic heterocycles.